The first-order valence-corrected chi connectivity index (χ1v) is 6.71. The van der Waals surface area contributed by atoms with Gasteiger partial charge in [-0.25, -0.2) is 4.68 Å². The monoisotopic (exact) mass is 280 g/mol. The average molecular weight is 280 g/mol. The lowest BCUT2D eigenvalue weighted by Crippen LogP contribution is -2.04. The second-order valence-electron chi connectivity index (χ2n) is 4.91. The number of tetrazole rings is 1. The third-order valence-electron chi connectivity index (χ3n) is 3.45. The van der Waals surface area contributed by atoms with Gasteiger partial charge in [-0.1, -0.05) is 6.07 Å². The Morgan fingerprint density at radius 1 is 1.14 bits per heavy atom. The van der Waals surface area contributed by atoms with Gasteiger partial charge in [0.05, 0.1) is 5.69 Å². The standard InChI is InChI=1S/C15H16N6/c1-11-5-6-16-8-13(11)9-17-15-7-14(4-3-12(15)2)21-10-18-19-20-21/h3-8,10,17H,9H2,1-2H3. The van der Waals surface area contributed by atoms with Gasteiger partial charge in [0, 0.05) is 24.6 Å². The number of nitrogens with one attached hydrogen (secondary N) is 1. The van der Waals surface area contributed by atoms with E-state index in [2.05, 4.69) is 45.7 Å². The quantitative estimate of drug-likeness (QED) is 0.794. The van der Waals surface area contributed by atoms with E-state index in [1.165, 1.54) is 16.7 Å². The minimum atomic E-state index is 0.736. The molecule has 1 aromatic carbocycles. The number of aryl methyl sites for hydroxylation is 2. The summed E-state index contributed by atoms with van der Waals surface area (Å²) in [5, 5.41) is 14.7. The van der Waals surface area contributed by atoms with Gasteiger partial charge in [0.1, 0.15) is 6.33 Å². The van der Waals surface area contributed by atoms with Crippen molar-refractivity contribution in [3.63, 3.8) is 0 Å². The van der Waals surface area contributed by atoms with Gasteiger partial charge in [0.25, 0.3) is 0 Å². The van der Waals surface area contributed by atoms with Crippen molar-refractivity contribution >= 4 is 5.69 Å². The van der Waals surface area contributed by atoms with Gasteiger partial charge in [0.15, 0.2) is 0 Å². The van der Waals surface area contributed by atoms with Gasteiger partial charge in [-0.15, -0.1) is 5.10 Å². The number of pyridine rings is 1. The van der Waals surface area contributed by atoms with E-state index in [0.717, 1.165) is 17.9 Å². The largest absolute Gasteiger partial charge is 0.381 e. The van der Waals surface area contributed by atoms with Crippen LogP contribution >= 0.6 is 0 Å². The van der Waals surface area contributed by atoms with E-state index in [1.807, 2.05) is 30.6 Å². The van der Waals surface area contributed by atoms with Crippen LogP contribution in [0.1, 0.15) is 16.7 Å². The Balaban J connectivity index is 1.82. The van der Waals surface area contributed by atoms with E-state index in [0.29, 0.717) is 0 Å². The van der Waals surface area contributed by atoms with Crippen LogP contribution in [0.3, 0.4) is 0 Å². The van der Waals surface area contributed by atoms with Crippen molar-refractivity contribution < 1.29 is 0 Å². The molecule has 0 fully saturated rings. The number of aromatic nitrogens is 5. The van der Waals surface area contributed by atoms with Crippen LogP contribution in [-0.2, 0) is 6.54 Å². The molecule has 3 aromatic rings. The zero-order valence-corrected chi connectivity index (χ0v) is 12.0. The van der Waals surface area contributed by atoms with Gasteiger partial charge in [-0.2, -0.15) is 0 Å². The molecular formula is C15H16N6. The minimum Gasteiger partial charge on any atom is -0.381 e. The fourth-order valence-electron chi connectivity index (χ4n) is 2.09. The van der Waals surface area contributed by atoms with Crippen LogP contribution in [0.15, 0.2) is 43.0 Å². The van der Waals surface area contributed by atoms with E-state index in [1.54, 1.807) is 11.0 Å². The molecule has 6 heteroatoms. The van der Waals surface area contributed by atoms with Crippen LogP contribution in [-0.4, -0.2) is 25.2 Å². The molecule has 0 unspecified atom stereocenters. The van der Waals surface area contributed by atoms with Crippen LogP contribution in [0, 0.1) is 13.8 Å². The zero-order chi connectivity index (χ0) is 14.7. The maximum absolute atomic E-state index is 4.17. The van der Waals surface area contributed by atoms with E-state index in [4.69, 9.17) is 0 Å². The Bertz CT molecular complexity index is 736. The number of hydrogen-bond acceptors (Lipinski definition) is 5. The molecule has 6 nitrogen and oxygen atoms in total. The minimum absolute atomic E-state index is 0.736. The fraction of sp³-hybridized carbons (Fsp3) is 0.200. The number of benzene rings is 1. The van der Waals surface area contributed by atoms with Gasteiger partial charge in [-0.05, 0) is 59.2 Å². The Morgan fingerprint density at radius 2 is 2.05 bits per heavy atom. The molecule has 1 N–H and O–H groups in total. The maximum Gasteiger partial charge on any atom is 0.143 e. The first kappa shape index (κ1) is 13.2. The summed E-state index contributed by atoms with van der Waals surface area (Å²) in [6, 6.07) is 8.10. The molecule has 0 saturated carbocycles. The third-order valence-corrected chi connectivity index (χ3v) is 3.45. The van der Waals surface area contributed by atoms with Crippen LogP contribution < -0.4 is 5.32 Å². The molecule has 0 atom stereocenters. The second kappa shape index (κ2) is 5.70. The summed E-state index contributed by atoms with van der Waals surface area (Å²) in [4.78, 5) is 4.17. The first-order valence-electron chi connectivity index (χ1n) is 6.71. The van der Waals surface area contributed by atoms with Gasteiger partial charge in [-0.3, -0.25) is 4.98 Å². The molecule has 0 spiro atoms. The van der Waals surface area contributed by atoms with Gasteiger partial charge in [0.2, 0.25) is 0 Å². The Labute approximate surface area is 122 Å². The van der Waals surface area contributed by atoms with Crippen LogP contribution in [0.25, 0.3) is 5.69 Å². The molecule has 3 rings (SSSR count). The molecular weight excluding hydrogens is 264 g/mol. The molecule has 0 aliphatic carbocycles. The van der Waals surface area contributed by atoms with E-state index < -0.39 is 0 Å². The highest BCUT2D eigenvalue weighted by Gasteiger charge is 2.04. The summed E-state index contributed by atoms with van der Waals surface area (Å²) in [6.45, 7) is 4.89. The highest BCUT2D eigenvalue weighted by Crippen LogP contribution is 2.20. The molecule has 0 radical (unpaired) electrons. The SMILES string of the molecule is Cc1ccncc1CNc1cc(-n2cnnn2)ccc1C. The van der Waals surface area contributed by atoms with Crippen molar-refractivity contribution in [2.24, 2.45) is 0 Å². The fourth-order valence-corrected chi connectivity index (χ4v) is 2.09. The third kappa shape index (κ3) is 2.89. The second-order valence-corrected chi connectivity index (χ2v) is 4.91. The lowest BCUT2D eigenvalue weighted by atomic mass is 10.1. The molecule has 0 bridgehead atoms. The predicted molar refractivity (Wildman–Crippen MR) is 80.2 cm³/mol. The molecule has 0 aliphatic rings. The maximum atomic E-state index is 4.17. The Kier molecular flexibility index (Phi) is 3.59. The van der Waals surface area contributed by atoms with Crippen molar-refractivity contribution in [3.05, 3.63) is 59.7 Å². The van der Waals surface area contributed by atoms with E-state index in [9.17, 15) is 0 Å². The molecule has 0 saturated heterocycles. The van der Waals surface area contributed by atoms with E-state index >= 15 is 0 Å². The van der Waals surface area contributed by atoms with Crippen molar-refractivity contribution in [1.29, 1.82) is 0 Å². The summed E-state index contributed by atoms with van der Waals surface area (Å²) in [7, 11) is 0. The summed E-state index contributed by atoms with van der Waals surface area (Å²) in [5.41, 5.74) is 5.58. The summed E-state index contributed by atoms with van der Waals surface area (Å²) in [5.74, 6) is 0. The highest BCUT2D eigenvalue weighted by atomic mass is 15.5. The summed E-state index contributed by atoms with van der Waals surface area (Å²) in [6.07, 6.45) is 5.28. The van der Waals surface area contributed by atoms with Crippen LogP contribution in [0.2, 0.25) is 0 Å². The number of anilines is 1. The summed E-state index contributed by atoms with van der Waals surface area (Å²) >= 11 is 0. The van der Waals surface area contributed by atoms with Crippen molar-refractivity contribution in [2.45, 2.75) is 20.4 Å². The molecule has 0 aliphatic heterocycles. The molecule has 21 heavy (non-hydrogen) atoms. The summed E-state index contributed by atoms with van der Waals surface area (Å²) < 4.78 is 1.64. The van der Waals surface area contributed by atoms with Gasteiger partial charge < -0.3 is 5.32 Å². The normalized spacial score (nSPS) is 10.6. The van der Waals surface area contributed by atoms with Crippen LogP contribution in [0.5, 0.6) is 0 Å². The van der Waals surface area contributed by atoms with Crippen molar-refractivity contribution in [3.8, 4) is 5.69 Å². The van der Waals surface area contributed by atoms with Crippen LogP contribution in [0.4, 0.5) is 5.69 Å². The van der Waals surface area contributed by atoms with Crippen molar-refractivity contribution in [2.75, 3.05) is 5.32 Å². The molecule has 0 amide bonds. The Hall–Kier alpha value is -2.76. The number of rotatable bonds is 4. The van der Waals surface area contributed by atoms with E-state index in [-0.39, 0.29) is 0 Å². The lowest BCUT2D eigenvalue weighted by Gasteiger charge is -2.12. The molecule has 2 heterocycles. The Morgan fingerprint density at radius 3 is 2.81 bits per heavy atom. The number of nitrogens with zero attached hydrogens (tertiary/aromatic N) is 5. The zero-order valence-electron chi connectivity index (χ0n) is 12.0. The first-order chi connectivity index (χ1) is 10.2. The molecule has 2 aromatic heterocycles. The smallest absolute Gasteiger partial charge is 0.143 e. The predicted octanol–water partition coefficient (Wildman–Crippen LogP) is 2.29. The highest BCUT2D eigenvalue weighted by molar-refractivity contribution is 5.56. The lowest BCUT2D eigenvalue weighted by molar-refractivity contribution is 0.789. The topological polar surface area (TPSA) is 68.5 Å². The number of hydrogen-bond donors (Lipinski definition) is 1. The van der Waals surface area contributed by atoms with Crippen molar-refractivity contribution in [1.82, 2.24) is 25.2 Å². The van der Waals surface area contributed by atoms with Gasteiger partial charge >= 0.3 is 0 Å². The molecule has 106 valence electrons. The average Bonchev–Trinajstić information content (AvgIpc) is 3.02.